The third-order valence-electron chi connectivity index (χ3n) is 3.12. The van der Waals surface area contributed by atoms with E-state index >= 15 is 0 Å². The number of benzene rings is 2. The van der Waals surface area contributed by atoms with Gasteiger partial charge < -0.3 is 4.74 Å². The highest BCUT2D eigenvalue weighted by Gasteiger charge is 2.17. The summed E-state index contributed by atoms with van der Waals surface area (Å²) in [7, 11) is 0. The lowest BCUT2D eigenvalue weighted by Crippen LogP contribution is -2.13. The van der Waals surface area contributed by atoms with Gasteiger partial charge >= 0.3 is 5.97 Å². The largest absolute Gasteiger partial charge is 0.460 e. The maximum absolute atomic E-state index is 12.1. The molecule has 2 rings (SSSR count). The van der Waals surface area contributed by atoms with Crippen molar-refractivity contribution in [2.75, 3.05) is 0 Å². The molecule has 0 fully saturated rings. The molecular formula is C17H15NO3. The molecule has 21 heavy (non-hydrogen) atoms. The van der Waals surface area contributed by atoms with Gasteiger partial charge in [-0.25, -0.2) is 4.79 Å². The molecule has 106 valence electrons. The molecule has 4 heteroatoms. The van der Waals surface area contributed by atoms with Crippen LogP contribution in [0.3, 0.4) is 0 Å². The van der Waals surface area contributed by atoms with Crippen molar-refractivity contribution in [1.29, 1.82) is 0 Å². The van der Waals surface area contributed by atoms with Crippen molar-refractivity contribution >= 4 is 17.7 Å². The second-order valence-electron chi connectivity index (χ2n) is 4.61. The van der Waals surface area contributed by atoms with Crippen molar-refractivity contribution in [2.24, 2.45) is 4.99 Å². The van der Waals surface area contributed by atoms with E-state index in [1.54, 1.807) is 31.2 Å². The van der Waals surface area contributed by atoms with Gasteiger partial charge in [0.2, 0.25) is 6.08 Å². The summed E-state index contributed by atoms with van der Waals surface area (Å²) in [5, 5.41) is 0. The second kappa shape index (κ2) is 7.17. The molecule has 0 bridgehead atoms. The Morgan fingerprint density at radius 1 is 1.19 bits per heavy atom. The molecule has 0 N–H and O–H groups in total. The highest BCUT2D eigenvalue weighted by atomic mass is 16.5. The highest BCUT2D eigenvalue weighted by molar-refractivity contribution is 5.78. The SMILES string of the molecule is CC(C(=O)OCc1ccccc1)c1cccc(N=C=O)c1. The number of isocyanates is 1. The summed E-state index contributed by atoms with van der Waals surface area (Å²) in [6, 6.07) is 16.4. The monoisotopic (exact) mass is 281 g/mol. The predicted molar refractivity (Wildman–Crippen MR) is 78.9 cm³/mol. The molecule has 2 aromatic carbocycles. The van der Waals surface area contributed by atoms with Gasteiger partial charge in [0.1, 0.15) is 6.61 Å². The van der Waals surface area contributed by atoms with Crippen LogP contribution in [-0.4, -0.2) is 12.0 Å². The Hall–Kier alpha value is -2.71. The van der Waals surface area contributed by atoms with Crippen molar-refractivity contribution in [3.8, 4) is 0 Å². The van der Waals surface area contributed by atoms with Crippen LogP contribution in [0.5, 0.6) is 0 Å². The fraction of sp³-hybridized carbons (Fsp3) is 0.176. The minimum atomic E-state index is -0.421. The van der Waals surface area contributed by atoms with Gasteiger partial charge in [-0.1, -0.05) is 42.5 Å². The summed E-state index contributed by atoms with van der Waals surface area (Å²) in [4.78, 5) is 25.9. The van der Waals surface area contributed by atoms with Crippen molar-refractivity contribution in [3.63, 3.8) is 0 Å². The zero-order valence-corrected chi connectivity index (χ0v) is 11.7. The fourth-order valence-electron chi connectivity index (χ4n) is 1.91. The summed E-state index contributed by atoms with van der Waals surface area (Å²) in [5.41, 5.74) is 2.17. The average molecular weight is 281 g/mol. The Kier molecular flexibility index (Phi) is 5.02. The molecular weight excluding hydrogens is 266 g/mol. The van der Waals surface area contributed by atoms with E-state index in [1.807, 2.05) is 30.3 Å². The zero-order valence-electron chi connectivity index (χ0n) is 11.7. The lowest BCUT2D eigenvalue weighted by atomic mass is 10.0. The summed E-state index contributed by atoms with van der Waals surface area (Å²) >= 11 is 0. The van der Waals surface area contributed by atoms with E-state index in [2.05, 4.69) is 4.99 Å². The van der Waals surface area contributed by atoms with E-state index in [-0.39, 0.29) is 12.6 Å². The van der Waals surface area contributed by atoms with Crippen LogP contribution >= 0.6 is 0 Å². The van der Waals surface area contributed by atoms with Crippen LogP contribution in [0.1, 0.15) is 24.0 Å². The number of ether oxygens (including phenoxy) is 1. The van der Waals surface area contributed by atoms with Gasteiger partial charge in [-0.3, -0.25) is 4.79 Å². The average Bonchev–Trinajstić information content (AvgIpc) is 2.53. The number of esters is 1. The summed E-state index contributed by atoms with van der Waals surface area (Å²) < 4.78 is 5.30. The normalized spacial score (nSPS) is 11.3. The van der Waals surface area contributed by atoms with Gasteiger partial charge in [-0.2, -0.15) is 4.99 Å². The first kappa shape index (κ1) is 14.7. The van der Waals surface area contributed by atoms with E-state index in [0.29, 0.717) is 5.69 Å². The fourth-order valence-corrected chi connectivity index (χ4v) is 1.91. The van der Waals surface area contributed by atoms with Crippen LogP contribution in [0.4, 0.5) is 5.69 Å². The maximum Gasteiger partial charge on any atom is 0.313 e. The lowest BCUT2D eigenvalue weighted by Gasteiger charge is -2.12. The van der Waals surface area contributed by atoms with Crippen molar-refractivity contribution in [2.45, 2.75) is 19.4 Å². The van der Waals surface area contributed by atoms with Gasteiger partial charge in [0.05, 0.1) is 11.6 Å². The Morgan fingerprint density at radius 2 is 1.95 bits per heavy atom. The summed E-state index contributed by atoms with van der Waals surface area (Å²) in [6.07, 6.45) is 1.48. The summed E-state index contributed by atoms with van der Waals surface area (Å²) in [5.74, 6) is -0.735. The predicted octanol–water partition coefficient (Wildman–Crippen LogP) is 3.50. The minimum Gasteiger partial charge on any atom is -0.460 e. The summed E-state index contributed by atoms with van der Waals surface area (Å²) in [6.45, 7) is 2.01. The molecule has 0 aliphatic carbocycles. The Balaban J connectivity index is 2.02. The zero-order chi connectivity index (χ0) is 15.1. The molecule has 4 nitrogen and oxygen atoms in total. The Labute approximate surface area is 123 Å². The minimum absolute atomic E-state index is 0.246. The van der Waals surface area contributed by atoms with E-state index in [4.69, 9.17) is 4.74 Å². The molecule has 1 atom stereocenters. The topological polar surface area (TPSA) is 55.7 Å². The molecule has 1 unspecified atom stereocenters. The van der Waals surface area contributed by atoms with Crippen LogP contribution in [0.25, 0.3) is 0 Å². The first-order chi connectivity index (χ1) is 10.2. The van der Waals surface area contributed by atoms with Gasteiger partial charge in [0, 0.05) is 0 Å². The highest BCUT2D eigenvalue weighted by Crippen LogP contribution is 2.22. The van der Waals surface area contributed by atoms with Crippen LogP contribution in [0, 0.1) is 0 Å². The lowest BCUT2D eigenvalue weighted by molar-refractivity contribution is -0.146. The van der Waals surface area contributed by atoms with Gasteiger partial charge in [-0.05, 0) is 30.2 Å². The number of carbonyl (C=O) groups excluding carboxylic acids is 2. The molecule has 0 saturated heterocycles. The maximum atomic E-state index is 12.1. The van der Waals surface area contributed by atoms with E-state index in [0.717, 1.165) is 11.1 Å². The molecule has 0 aliphatic heterocycles. The molecule has 2 aromatic rings. The molecule has 0 heterocycles. The third-order valence-corrected chi connectivity index (χ3v) is 3.12. The number of carbonyl (C=O) groups is 1. The van der Waals surface area contributed by atoms with Crippen molar-refractivity contribution in [1.82, 2.24) is 0 Å². The van der Waals surface area contributed by atoms with Gasteiger partial charge in [-0.15, -0.1) is 0 Å². The van der Waals surface area contributed by atoms with Gasteiger partial charge in [0.25, 0.3) is 0 Å². The number of rotatable bonds is 5. The van der Waals surface area contributed by atoms with Crippen LogP contribution in [0.15, 0.2) is 59.6 Å². The molecule has 0 aromatic heterocycles. The molecule has 0 aliphatic rings. The number of hydrogen-bond donors (Lipinski definition) is 0. The first-order valence-corrected chi connectivity index (χ1v) is 6.59. The molecule has 0 amide bonds. The smallest absolute Gasteiger partial charge is 0.313 e. The Bertz CT molecular complexity index is 661. The third kappa shape index (κ3) is 4.13. The standard InChI is InChI=1S/C17H15NO3/c1-13(15-8-5-9-16(10-15)18-12-19)17(20)21-11-14-6-3-2-4-7-14/h2-10,13H,11H2,1H3. The second-order valence-corrected chi connectivity index (χ2v) is 4.61. The van der Waals surface area contributed by atoms with E-state index in [9.17, 15) is 9.59 Å². The van der Waals surface area contributed by atoms with Crippen LogP contribution in [-0.2, 0) is 20.9 Å². The van der Waals surface area contributed by atoms with E-state index in [1.165, 1.54) is 6.08 Å². The Morgan fingerprint density at radius 3 is 2.67 bits per heavy atom. The number of aliphatic imine (C=N–C) groups is 1. The van der Waals surface area contributed by atoms with Crippen LogP contribution in [0.2, 0.25) is 0 Å². The van der Waals surface area contributed by atoms with E-state index < -0.39 is 5.92 Å². The number of nitrogens with zero attached hydrogens (tertiary/aromatic N) is 1. The van der Waals surface area contributed by atoms with Crippen LogP contribution < -0.4 is 0 Å². The quantitative estimate of drug-likeness (QED) is 0.479. The first-order valence-electron chi connectivity index (χ1n) is 6.59. The van der Waals surface area contributed by atoms with Crippen molar-refractivity contribution < 1.29 is 14.3 Å². The molecule has 0 saturated carbocycles. The molecule has 0 radical (unpaired) electrons. The molecule has 0 spiro atoms. The van der Waals surface area contributed by atoms with Crippen molar-refractivity contribution in [3.05, 3.63) is 65.7 Å². The number of hydrogen-bond acceptors (Lipinski definition) is 4. The van der Waals surface area contributed by atoms with Gasteiger partial charge in [0.15, 0.2) is 0 Å².